The fourth-order valence-corrected chi connectivity index (χ4v) is 2.90. The Morgan fingerprint density at radius 1 is 1.29 bits per heavy atom. The zero-order valence-electron chi connectivity index (χ0n) is 11.0. The minimum absolute atomic E-state index is 0.445. The van der Waals surface area contributed by atoms with E-state index in [4.69, 9.17) is 5.73 Å². The van der Waals surface area contributed by atoms with E-state index in [-0.39, 0.29) is 0 Å². The first-order valence-corrected chi connectivity index (χ1v) is 6.71. The highest BCUT2D eigenvalue weighted by molar-refractivity contribution is 5.52. The Morgan fingerprint density at radius 3 is 2.71 bits per heavy atom. The number of aryl methyl sites for hydroxylation is 1. The summed E-state index contributed by atoms with van der Waals surface area (Å²) in [6, 6.07) is 9.02. The molecule has 1 saturated carbocycles. The van der Waals surface area contributed by atoms with E-state index in [1.165, 1.54) is 36.9 Å². The molecule has 1 aliphatic carbocycles. The number of anilines is 1. The van der Waals surface area contributed by atoms with Gasteiger partial charge in [-0.15, -0.1) is 0 Å². The molecule has 2 heteroatoms. The molecule has 94 valence electrons. The summed E-state index contributed by atoms with van der Waals surface area (Å²) in [7, 11) is 2.18. The van der Waals surface area contributed by atoms with Gasteiger partial charge in [-0.25, -0.2) is 0 Å². The molecule has 0 aliphatic heterocycles. The molecule has 2 unspecified atom stereocenters. The maximum atomic E-state index is 6.12. The van der Waals surface area contributed by atoms with Crippen LogP contribution in [0, 0.1) is 12.8 Å². The quantitative estimate of drug-likeness (QED) is 0.865. The van der Waals surface area contributed by atoms with Gasteiger partial charge in [-0.05, 0) is 43.7 Å². The molecule has 1 fully saturated rings. The second kappa shape index (κ2) is 5.54. The Labute approximate surface area is 105 Å². The van der Waals surface area contributed by atoms with E-state index in [0.717, 1.165) is 12.5 Å². The number of para-hydroxylation sites is 1. The molecular weight excluding hydrogens is 208 g/mol. The predicted molar refractivity (Wildman–Crippen MR) is 74.4 cm³/mol. The van der Waals surface area contributed by atoms with Crippen LogP contribution in [0.4, 0.5) is 5.69 Å². The minimum Gasteiger partial charge on any atom is -0.374 e. The van der Waals surface area contributed by atoms with E-state index < -0.39 is 0 Å². The average molecular weight is 232 g/mol. The number of hydrogen-bond donors (Lipinski definition) is 1. The van der Waals surface area contributed by atoms with Crippen LogP contribution in [0.5, 0.6) is 0 Å². The zero-order chi connectivity index (χ0) is 12.3. The lowest BCUT2D eigenvalue weighted by molar-refractivity contribution is 0.449. The van der Waals surface area contributed by atoms with Crippen molar-refractivity contribution in [1.29, 1.82) is 0 Å². The number of rotatable bonds is 4. The Bertz CT molecular complexity index is 362. The summed E-state index contributed by atoms with van der Waals surface area (Å²) in [6.45, 7) is 3.29. The van der Waals surface area contributed by atoms with Gasteiger partial charge >= 0.3 is 0 Å². The topological polar surface area (TPSA) is 29.3 Å². The normalized spacial score (nSPS) is 23.9. The number of hydrogen-bond acceptors (Lipinski definition) is 2. The Hall–Kier alpha value is -1.02. The summed E-state index contributed by atoms with van der Waals surface area (Å²) in [5, 5.41) is 0. The first kappa shape index (κ1) is 12.4. The highest BCUT2D eigenvalue weighted by Gasteiger charge is 2.23. The third-order valence-electron chi connectivity index (χ3n) is 4.08. The standard InChI is InChI=1S/C15H24N2/c1-12-6-3-4-9-15(12)17(2)11-10-13-7-5-8-14(13)16/h3-4,6,9,13-14H,5,7-8,10-11,16H2,1-2H3. The van der Waals surface area contributed by atoms with Gasteiger partial charge in [0.15, 0.2) is 0 Å². The molecule has 1 aliphatic rings. The predicted octanol–water partition coefficient (Wildman–Crippen LogP) is 2.95. The number of benzene rings is 1. The van der Waals surface area contributed by atoms with Crippen LogP contribution in [-0.4, -0.2) is 19.6 Å². The summed E-state index contributed by atoms with van der Waals surface area (Å²) in [5.74, 6) is 0.737. The van der Waals surface area contributed by atoms with Crippen molar-refractivity contribution in [2.75, 3.05) is 18.5 Å². The SMILES string of the molecule is Cc1ccccc1N(C)CCC1CCCC1N. The lowest BCUT2D eigenvalue weighted by Crippen LogP contribution is -2.29. The maximum Gasteiger partial charge on any atom is 0.0393 e. The average Bonchev–Trinajstić information content (AvgIpc) is 2.72. The second-order valence-electron chi connectivity index (χ2n) is 5.35. The van der Waals surface area contributed by atoms with E-state index in [1.807, 2.05) is 0 Å². The Balaban J connectivity index is 1.89. The van der Waals surface area contributed by atoms with Crippen molar-refractivity contribution in [3.8, 4) is 0 Å². The number of nitrogens with zero attached hydrogens (tertiary/aromatic N) is 1. The van der Waals surface area contributed by atoms with Crippen molar-refractivity contribution in [2.24, 2.45) is 11.7 Å². The summed E-state index contributed by atoms with van der Waals surface area (Å²) >= 11 is 0. The number of nitrogens with two attached hydrogens (primary N) is 1. The van der Waals surface area contributed by atoms with E-state index in [0.29, 0.717) is 6.04 Å². The molecule has 0 bridgehead atoms. The molecule has 1 aromatic rings. The fourth-order valence-electron chi connectivity index (χ4n) is 2.90. The van der Waals surface area contributed by atoms with Crippen LogP contribution >= 0.6 is 0 Å². The minimum atomic E-state index is 0.445. The van der Waals surface area contributed by atoms with E-state index in [9.17, 15) is 0 Å². The van der Waals surface area contributed by atoms with Gasteiger partial charge < -0.3 is 10.6 Å². The van der Waals surface area contributed by atoms with Crippen molar-refractivity contribution in [3.63, 3.8) is 0 Å². The van der Waals surface area contributed by atoms with Crippen molar-refractivity contribution in [2.45, 2.75) is 38.6 Å². The van der Waals surface area contributed by atoms with Gasteiger partial charge in [-0.1, -0.05) is 24.6 Å². The van der Waals surface area contributed by atoms with Crippen LogP contribution in [0.25, 0.3) is 0 Å². The van der Waals surface area contributed by atoms with Gasteiger partial charge in [-0.2, -0.15) is 0 Å². The van der Waals surface area contributed by atoms with Gasteiger partial charge in [0, 0.05) is 25.3 Å². The summed E-state index contributed by atoms with van der Waals surface area (Å²) < 4.78 is 0. The first-order chi connectivity index (χ1) is 8.18. The van der Waals surface area contributed by atoms with Crippen LogP contribution in [0.3, 0.4) is 0 Å². The molecule has 0 amide bonds. The lowest BCUT2D eigenvalue weighted by Gasteiger charge is -2.24. The largest absolute Gasteiger partial charge is 0.374 e. The molecule has 17 heavy (non-hydrogen) atoms. The molecule has 0 saturated heterocycles. The van der Waals surface area contributed by atoms with Crippen molar-refractivity contribution in [3.05, 3.63) is 29.8 Å². The van der Waals surface area contributed by atoms with E-state index in [2.05, 4.69) is 43.1 Å². The van der Waals surface area contributed by atoms with Gasteiger partial charge in [0.1, 0.15) is 0 Å². The molecule has 0 radical (unpaired) electrons. The summed E-state index contributed by atoms with van der Waals surface area (Å²) in [4.78, 5) is 2.36. The molecule has 2 N–H and O–H groups in total. The van der Waals surface area contributed by atoms with Crippen molar-refractivity contribution >= 4 is 5.69 Å². The van der Waals surface area contributed by atoms with Gasteiger partial charge in [0.05, 0.1) is 0 Å². The monoisotopic (exact) mass is 232 g/mol. The zero-order valence-corrected chi connectivity index (χ0v) is 11.0. The van der Waals surface area contributed by atoms with Crippen molar-refractivity contribution < 1.29 is 0 Å². The molecular formula is C15H24N2. The maximum absolute atomic E-state index is 6.12. The Morgan fingerprint density at radius 2 is 2.06 bits per heavy atom. The van der Waals surface area contributed by atoms with Gasteiger partial charge in [0.25, 0.3) is 0 Å². The van der Waals surface area contributed by atoms with Crippen LogP contribution in [0.2, 0.25) is 0 Å². The highest BCUT2D eigenvalue weighted by Crippen LogP contribution is 2.27. The van der Waals surface area contributed by atoms with E-state index >= 15 is 0 Å². The molecule has 0 heterocycles. The molecule has 2 nitrogen and oxygen atoms in total. The molecule has 0 aromatic heterocycles. The van der Waals surface area contributed by atoms with Crippen molar-refractivity contribution in [1.82, 2.24) is 0 Å². The second-order valence-corrected chi connectivity index (χ2v) is 5.35. The van der Waals surface area contributed by atoms with Crippen LogP contribution in [-0.2, 0) is 0 Å². The summed E-state index contributed by atoms with van der Waals surface area (Å²) in [5.41, 5.74) is 8.81. The first-order valence-electron chi connectivity index (χ1n) is 6.71. The van der Waals surface area contributed by atoms with Gasteiger partial charge in [0.2, 0.25) is 0 Å². The van der Waals surface area contributed by atoms with Crippen LogP contribution < -0.4 is 10.6 Å². The molecule has 0 spiro atoms. The third-order valence-corrected chi connectivity index (χ3v) is 4.08. The lowest BCUT2D eigenvalue weighted by atomic mass is 10.00. The molecule has 2 rings (SSSR count). The van der Waals surface area contributed by atoms with Gasteiger partial charge in [-0.3, -0.25) is 0 Å². The molecule has 2 atom stereocenters. The Kier molecular flexibility index (Phi) is 4.06. The fraction of sp³-hybridized carbons (Fsp3) is 0.600. The van der Waals surface area contributed by atoms with Crippen LogP contribution in [0.15, 0.2) is 24.3 Å². The van der Waals surface area contributed by atoms with E-state index in [1.54, 1.807) is 0 Å². The van der Waals surface area contributed by atoms with Crippen LogP contribution in [0.1, 0.15) is 31.2 Å². The molecule has 1 aromatic carbocycles. The third kappa shape index (κ3) is 3.01. The summed E-state index contributed by atoms with van der Waals surface area (Å²) in [6.07, 6.45) is 5.09. The highest BCUT2D eigenvalue weighted by atomic mass is 15.1. The smallest absolute Gasteiger partial charge is 0.0393 e.